The molecular formula is C15H10N2OS. The van der Waals surface area contributed by atoms with E-state index in [1.54, 1.807) is 11.3 Å². The predicted molar refractivity (Wildman–Crippen MR) is 79.1 cm³/mol. The van der Waals surface area contributed by atoms with Crippen molar-refractivity contribution in [2.24, 2.45) is 0 Å². The third-order valence-corrected chi connectivity index (χ3v) is 4.18. The van der Waals surface area contributed by atoms with Crippen LogP contribution in [0.3, 0.4) is 0 Å². The number of thiophene rings is 1. The van der Waals surface area contributed by atoms with Crippen molar-refractivity contribution in [3.8, 4) is 0 Å². The number of hydrogen-bond donors (Lipinski definition) is 2. The standard InChI is InChI=1S/C15H10N2OS/c18-14-12(11-5-6-19-15(11)17-14)7-9-8-16-13-4-2-1-3-10(9)13/h1-8,16H,(H,17,18)/b12-7+. The molecule has 19 heavy (non-hydrogen) atoms. The molecule has 3 aromatic rings. The second-order valence-corrected chi connectivity index (χ2v) is 5.38. The first-order valence-electron chi connectivity index (χ1n) is 6.00. The van der Waals surface area contributed by atoms with Gasteiger partial charge in [0.25, 0.3) is 5.91 Å². The molecular weight excluding hydrogens is 256 g/mol. The van der Waals surface area contributed by atoms with Gasteiger partial charge >= 0.3 is 0 Å². The van der Waals surface area contributed by atoms with Crippen molar-refractivity contribution in [2.75, 3.05) is 5.32 Å². The summed E-state index contributed by atoms with van der Waals surface area (Å²) in [6, 6.07) is 10.1. The molecule has 0 fully saturated rings. The second-order valence-electron chi connectivity index (χ2n) is 4.47. The molecule has 0 saturated heterocycles. The number of amides is 1. The highest BCUT2D eigenvalue weighted by Gasteiger charge is 2.25. The zero-order valence-corrected chi connectivity index (χ0v) is 10.8. The molecule has 1 aromatic carbocycles. The zero-order chi connectivity index (χ0) is 12.8. The summed E-state index contributed by atoms with van der Waals surface area (Å²) in [5.74, 6) is -0.0212. The molecule has 4 rings (SSSR count). The number of fused-ring (bicyclic) bond motifs is 2. The molecule has 0 saturated carbocycles. The number of hydrogen-bond acceptors (Lipinski definition) is 2. The van der Waals surface area contributed by atoms with Crippen molar-refractivity contribution in [3.63, 3.8) is 0 Å². The Kier molecular flexibility index (Phi) is 2.13. The summed E-state index contributed by atoms with van der Waals surface area (Å²) in [5.41, 5.74) is 3.86. The van der Waals surface area contributed by atoms with Crippen LogP contribution in [-0.4, -0.2) is 10.9 Å². The maximum atomic E-state index is 12.0. The number of para-hydroxylation sites is 1. The van der Waals surface area contributed by atoms with Crippen LogP contribution in [0.5, 0.6) is 0 Å². The molecule has 0 spiro atoms. The summed E-state index contributed by atoms with van der Waals surface area (Å²) in [5, 5.41) is 6.95. The van der Waals surface area contributed by atoms with Gasteiger partial charge in [-0.05, 0) is 23.6 Å². The number of H-pyrrole nitrogens is 1. The Balaban J connectivity index is 1.91. The van der Waals surface area contributed by atoms with Crippen LogP contribution in [0, 0.1) is 0 Å². The number of benzene rings is 1. The lowest BCUT2D eigenvalue weighted by Crippen LogP contribution is -2.03. The molecule has 2 N–H and O–H groups in total. The van der Waals surface area contributed by atoms with Crippen LogP contribution in [0.25, 0.3) is 22.6 Å². The van der Waals surface area contributed by atoms with E-state index in [1.807, 2.05) is 41.9 Å². The smallest absolute Gasteiger partial charge is 0.257 e. The van der Waals surface area contributed by atoms with Gasteiger partial charge in [-0.2, -0.15) is 0 Å². The van der Waals surface area contributed by atoms with Gasteiger partial charge in [-0.3, -0.25) is 4.79 Å². The van der Waals surface area contributed by atoms with Crippen LogP contribution in [0.4, 0.5) is 5.00 Å². The van der Waals surface area contributed by atoms with E-state index >= 15 is 0 Å². The Morgan fingerprint density at radius 3 is 3.00 bits per heavy atom. The monoisotopic (exact) mass is 266 g/mol. The quantitative estimate of drug-likeness (QED) is 0.648. The number of rotatable bonds is 1. The minimum Gasteiger partial charge on any atom is -0.361 e. The largest absolute Gasteiger partial charge is 0.361 e. The number of aromatic amines is 1. The number of aromatic nitrogens is 1. The molecule has 1 aliphatic rings. The Morgan fingerprint density at radius 1 is 1.16 bits per heavy atom. The highest BCUT2D eigenvalue weighted by molar-refractivity contribution is 7.15. The van der Waals surface area contributed by atoms with Gasteiger partial charge in [-0.1, -0.05) is 18.2 Å². The van der Waals surface area contributed by atoms with Crippen molar-refractivity contribution >= 4 is 44.8 Å². The topological polar surface area (TPSA) is 44.9 Å². The SMILES string of the molecule is O=C1Nc2sccc2/C1=C\c1c[nH]c2ccccc12. The van der Waals surface area contributed by atoms with Crippen LogP contribution in [0.15, 0.2) is 41.9 Å². The lowest BCUT2D eigenvalue weighted by molar-refractivity contribution is -0.110. The highest BCUT2D eigenvalue weighted by atomic mass is 32.1. The summed E-state index contributed by atoms with van der Waals surface area (Å²) in [6.45, 7) is 0. The van der Waals surface area contributed by atoms with Crippen molar-refractivity contribution in [1.29, 1.82) is 0 Å². The fourth-order valence-electron chi connectivity index (χ4n) is 2.42. The van der Waals surface area contributed by atoms with Crippen LogP contribution >= 0.6 is 11.3 Å². The molecule has 3 heterocycles. The summed E-state index contributed by atoms with van der Waals surface area (Å²) >= 11 is 1.56. The van der Waals surface area contributed by atoms with Gasteiger partial charge in [0.15, 0.2) is 0 Å². The lowest BCUT2D eigenvalue weighted by atomic mass is 10.1. The number of carbonyl (C=O) groups excluding carboxylic acids is 1. The van der Waals surface area contributed by atoms with E-state index < -0.39 is 0 Å². The molecule has 0 bridgehead atoms. The van der Waals surface area contributed by atoms with E-state index in [0.29, 0.717) is 0 Å². The number of anilines is 1. The number of carbonyl (C=O) groups is 1. The third kappa shape index (κ3) is 1.54. The molecule has 1 amide bonds. The molecule has 1 aliphatic heterocycles. The van der Waals surface area contributed by atoms with Gasteiger partial charge in [-0.15, -0.1) is 11.3 Å². The fourth-order valence-corrected chi connectivity index (χ4v) is 3.22. The molecule has 0 atom stereocenters. The minimum atomic E-state index is -0.0212. The molecule has 4 heteroatoms. The van der Waals surface area contributed by atoms with Gasteiger partial charge in [0.1, 0.15) is 5.00 Å². The minimum absolute atomic E-state index is 0.0212. The number of nitrogens with one attached hydrogen (secondary N) is 2. The first kappa shape index (κ1) is 10.6. The second kappa shape index (κ2) is 3.83. The van der Waals surface area contributed by atoms with Crippen molar-refractivity contribution in [3.05, 3.63) is 53.0 Å². The molecule has 92 valence electrons. The van der Waals surface area contributed by atoms with E-state index in [1.165, 1.54) is 0 Å². The first-order chi connectivity index (χ1) is 9.33. The van der Waals surface area contributed by atoms with E-state index in [9.17, 15) is 4.79 Å². The predicted octanol–water partition coefficient (Wildman–Crippen LogP) is 3.72. The summed E-state index contributed by atoms with van der Waals surface area (Å²) < 4.78 is 0. The first-order valence-corrected chi connectivity index (χ1v) is 6.88. The van der Waals surface area contributed by atoms with Crippen LogP contribution in [0.1, 0.15) is 11.1 Å². The van der Waals surface area contributed by atoms with Crippen molar-refractivity contribution in [2.45, 2.75) is 0 Å². The fraction of sp³-hybridized carbons (Fsp3) is 0. The van der Waals surface area contributed by atoms with E-state index in [0.717, 1.165) is 32.6 Å². The maximum Gasteiger partial charge on any atom is 0.257 e. The van der Waals surface area contributed by atoms with Crippen molar-refractivity contribution in [1.82, 2.24) is 4.98 Å². The van der Waals surface area contributed by atoms with Crippen LogP contribution in [-0.2, 0) is 4.79 Å². The van der Waals surface area contributed by atoms with Gasteiger partial charge in [0.2, 0.25) is 0 Å². The average Bonchev–Trinajstić information content (AvgIpc) is 3.08. The average molecular weight is 266 g/mol. The molecule has 2 aromatic heterocycles. The Morgan fingerprint density at radius 2 is 2.05 bits per heavy atom. The van der Waals surface area contributed by atoms with Crippen LogP contribution in [0.2, 0.25) is 0 Å². The Bertz CT molecular complexity index is 825. The Labute approximate surface area is 113 Å². The van der Waals surface area contributed by atoms with E-state index in [2.05, 4.69) is 16.4 Å². The molecule has 0 unspecified atom stereocenters. The molecule has 0 radical (unpaired) electrons. The molecule has 0 aliphatic carbocycles. The van der Waals surface area contributed by atoms with E-state index in [-0.39, 0.29) is 5.91 Å². The lowest BCUT2D eigenvalue weighted by Gasteiger charge is -1.95. The highest BCUT2D eigenvalue weighted by Crippen LogP contribution is 2.37. The van der Waals surface area contributed by atoms with Gasteiger partial charge in [-0.25, -0.2) is 0 Å². The maximum absolute atomic E-state index is 12.0. The van der Waals surface area contributed by atoms with Crippen LogP contribution < -0.4 is 5.32 Å². The third-order valence-electron chi connectivity index (χ3n) is 3.35. The summed E-state index contributed by atoms with van der Waals surface area (Å²) in [4.78, 5) is 15.2. The zero-order valence-electron chi connectivity index (χ0n) is 9.94. The van der Waals surface area contributed by atoms with Gasteiger partial charge in [0, 0.05) is 28.2 Å². The summed E-state index contributed by atoms with van der Waals surface area (Å²) in [7, 11) is 0. The van der Waals surface area contributed by atoms with Crippen molar-refractivity contribution < 1.29 is 4.79 Å². The van der Waals surface area contributed by atoms with Gasteiger partial charge < -0.3 is 10.3 Å². The normalized spacial score (nSPS) is 16.0. The summed E-state index contributed by atoms with van der Waals surface area (Å²) in [6.07, 6.45) is 3.89. The van der Waals surface area contributed by atoms with E-state index in [4.69, 9.17) is 0 Å². The Hall–Kier alpha value is -2.33. The molecule has 3 nitrogen and oxygen atoms in total. The van der Waals surface area contributed by atoms with Gasteiger partial charge in [0.05, 0.1) is 5.57 Å².